The number of amides is 1. The van der Waals surface area contributed by atoms with E-state index >= 15 is 0 Å². The smallest absolute Gasteiger partial charge is 0.407 e. The molecule has 6 heteroatoms. The van der Waals surface area contributed by atoms with E-state index in [-0.39, 0.29) is 6.04 Å². The standard InChI is InChI=1S/C15H20BrN3O2/c1-10(9-17-14(20)21-15(2,3)4)19-8-7-11-5-6-12(16)18-13(11)19/h5-8,10H,9H2,1-4H3,(H,17,20). The van der Waals surface area contributed by atoms with Crippen LogP contribution >= 0.6 is 15.9 Å². The molecular formula is C15H20BrN3O2. The second-order valence-electron chi connectivity index (χ2n) is 6.00. The lowest BCUT2D eigenvalue weighted by molar-refractivity contribution is 0.0521. The predicted molar refractivity (Wildman–Crippen MR) is 86.4 cm³/mol. The summed E-state index contributed by atoms with van der Waals surface area (Å²) in [4.78, 5) is 16.2. The number of pyridine rings is 1. The molecule has 2 rings (SSSR count). The number of hydrogen-bond donors (Lipinski definition) is 1. The van der Waals surface area contributed by atoms with Crippen molar-refractivity contribution in [3.05, 3.63) is 29.0 Å². The Labute approximate surface area is 132 Å². The molecule has 2 aromatic rings. The molecule has 0 saturated heterocycles. The van der Waals surface area contributed by atoms with Crippen molar-refractivity contribution < 1.29 is 9.53 Å². The molecule has 2 heterocycles. The third kappa shape index (κ3) is 4.20. The van der Waals surface area contributed by atoms with Crippen molar-refractivity contribution in [3.63, 3.8) is 0 Å². The van der Waals surface area contributed by atoms with E-state index < -0.39 is 11.7 Å². The summed E-state index contributed by atoms with van der Waals surface area (Å²) in [7, 11) is 0. The number of alkyl carbamates (subject to hydrolysis) is 1. The lowest BCUT2D eigenvalue weighted by Gasteiger charge is -2.21. The number of nitrogens with one attached hydrogen (secondary N) is 1. The average molecular weight is 354 g/mol. The largest absolute Gasteiger partial charge is 0.444 e. The maximum absolute atomic E-state index is 11.7. The summed E-state index contributed by atoms with van der Waals surface area (Å²) in [5.74, 6) is 0. The SMILES string of the molecule is CC(CNC(=O)OC(C)(C)C)n1ccc2ccc(Br)nc21. The predicted octanol–water partition coefficient (Wildman–Crippen LogP) is 3.88. The minimum absolute atomic E-state index is 0.0804. The van der Waals surface area contributed by atoms with Crippen molar-refractivity contribution in [1.29, 1.82) is 0 Å². The highest BCUT2D eigenvalue weighted by Crippen LogP contribution is 2.20. The van der Waals surface area contributed by atoms with Crippen LogP contribution in [0.3, 0.4) is 0 Å². The molecule has 0 aliphatic carbocycles. The average Bonchev–Trinajstić information content (AvgIpc) is 2.76. The Morgan fingerprint density at radius 1 is 1.43 bits per heavy atom. The highest BCUT2D eigenvalue weighted by molar-refractivity contribution is 9.10. The van der Waals surface area contributed by atoms with E-state index in [1.807, 2.05) is 56.7 Å². The van der Waals surface area contributed by atoms with E-state index in [9.17, 15) is 4.79 Å². The Morgan fingerprint density at radius 3 is 2.81 bits per heavy atom. The fourth-order valence-corrected chi connectivity index (χ4v) is 2.30. The van der Waals surface area contributed by atoms with Crippen LogP contribution in [-0.2, 0) is 4.74 Å². The summed E-state index contributed by atoms with van der Waals surface area (Å²) in [5.41, 5.74) is 0.405. The van der Waals surface area contributed by atoms with E-state index in [1.165, 1.54) is 0 Å². The molecule has 0 saturated carbocycles. The molecule has 21 heavy (non-hydrogen) atoms. The van der Waals surface area contributed by atoms with Crippen LogP contribution in [0.4, 0.5) is 4.79 Å². The van der Waals surface area contributed by atoms with E-state index in [4.69, 9.17) is 4.74 Å². The van der Waals surface area contributed by atoms with Gasteiger partial charge < -0.3 is 14.6 Å². The minimum Gasteiger partial charge on any atom is -0.444 e. The zero-order valence-corrected chi connectivity index (χ0v) is 14.3. The van der Waals surface area contributed by atoms with E-state index in [0.717, 1.165) is 15.6 Å². The molecule has 0 aliphatic heterocycles. The van der Waals surface area contributed by atoms with Crippen LogP contribution in [0.2, 0.25) is 0 Å². The second kappa shape index (κ2) is 6.05. The first-order valence-corrected chi connectivity index (χ1v) is 7.65. The molecule has 2 aromatic heterocycles. The number of rotatable bonds is 3. The van der Waals surface area contributed by atoms with Gasteiger partial charge in [0.15, 0.2) is 0 Å². The Kier molecular flexibility index (Phi) is 4.56. The summed E-state index contributed by atoms with van der Waals surface area (Å²) >= 11 is 3.38. The third-order valence-corrected chi connectivity index (χ3v) is 3.39. The fourth-order valence-electron chi connectivity index (χ4n) is 2.00. The highest BCUT2D eigenvalue weighted by Gasteiger charge is 2.17. The molecular weight excluding hydrogens is 334 g/mol. The topological polar surface area (TPSA) is 56.1 Å². The fraction of sp³-hybridized carbons (Fsp3) is 0.467. The van der Waals surface area contributed by atoms with Crippen molar-refractivity contribution >= 4 is 33.1 Å². The third-order valence-electron chi connectivity index (χ3n) is 2.95. The van der Waals surface area contributed by atoms with Crippen LogP contribution in [0, 0.1) is 0 Å². The summed E-state index contributed by atoms with van der Waals surface area (Å²) in [6.45, 7) is 8.04. The Morgan fingerprint density at radius 2 is 2.14 bits per heavy atom. The number of carbonyl (C=O) groups is 1. The van der Waals surface area contributed by atoms with Gasteiger partial charge in [0, 0.05) is 24.2 Å². The molecule has 114 valence electrons. The van der Waals surface area contributed by atoms with Gasteiger partial charge in [-0.2, -0.15) is 0 Å². The zero-order valence-electron chi connectivity index (χ0n) is 12.7. The zero-order chi connectivity index (χ0) is 15.6. The number of ether oxygens (including phenoxy) is 1. The van der Waals surface area contributed by atoms with Gasteiger partial charge in [-0.05, 0) is 61.8 Å². The molecule has 1 N–H and O–H groups in total. The quantitative estimate of drug-likeness (QED) is 0.851. The Bertz CT molecular complexity index is 646. The number of halogens is 1. The van der Waals surface area contributed by atoms with Crippen molar-refractivity contribution in [1.82, 2.24) is 14.9 Å². The monoisotopic (exact) mass is 353 g/mol. The maximum atomic E-state index is 11.7. The second-order valence-corrected chi connectivity index (χ2v) is 6.81. The number of fused-ring (bicyclic) bond motifs is 1. The van der Waals surface area contributed by atoms with Gasteiger partial charge in [0.05, 0.1) is 0 Å². The first-order valence-electron chi connectivity index (χ1n) is 6.86. The molecule has 0 spiro atoms. The van der Waals surface area contributed by atoms with Crippen molar-refractivity contribution in [3.8, 4) is 0 Å². The van der Waals surface area contributed by atoms with Crippen molar-refractivity contribution in [2.24, 2.45) is 0 Å². The van der Waals surface area contributed by atoms with Gasteiger partial charge >= 0.3 is 6.09 Å². The Balaban J connectivity index is 2.04. The Hall–Kier alpha value is -1.56. The van der Waals surface area contributed by atoms with Gasteiger partial charge in [-0.3, -0.25) is 0 Å². The van der Waals surface area contributed by atoms with Crippen molar-refractivity contribution in [2.45, 2.75) is 39.3 Å². The molecule has 0 aliphatic rings. The van der Waals surface area contributed by atoms with Crippen LogP contribution in [0.1, 0.15) is 33.7 Å². The summed E-state index contributed by atoms with van der Waals surface area (Å²) in [5, 5.41) is 3.86. The number of aromatic nitrogens is 2. The summed E-state index contributed by atoms with van der Waals surface area (Å²) < 4.78 is 8.06. The molecule has 1 amide bonds. The number of carbonyl (C=O) groups excluding carboxylic acids is 1. The van der Waals surface area contributed by atoms with Gasteiger partial charge in [-0.15, -0.1) is 0 Å². The lowest BCUT2D eigenvalue weighted by atomic mass is 10.2. The van der Waals surface area contributed by atoms with Crippen LogP contribution in [0.25, 0.3) is 11.0 Å². The van der Waals surface area contributed by atoms with Crippen LogP contribution in [0.15, 0.2) is 29.0 Å². The molecule has 0 fully saturated rings. The normalized spacial score (nSPS) is 13.2. The molecule has 5 nitrogen and oxygen atoms in total. The van der Waals surface area contributed by atoms with Gasteiger partial charge in [-0.25, -0.2) is 9.78 Å². The van der Waals surface area contributed by atoms with E-state index in [2.05, 4.69) is 26.2 Å². The first-order chi connectivity index (χ1) is 9.76. The molecule has 0 aromatic carbocycles. The number of nitrogens with zero attached hydrogens (tertiary/aromatic N) is 2. The highest BCUT2D eigenvalue weighted by atomic mass is 79.9. The minimum atomic E-state index is -0.486. The van der Waals surface area contributed by atoms with Crippen LogP contribution < -0.4 is 5.32 Å². The van der Waals surface area contributed by atoms with Gasteiger partial charge in [-0.1, -0.05) is 0 Å². The molecule has 0 bridgehead atoms. The first kappa shape index (κ1) is 15.8. The van der Waals surface area contributed by atoms with E-state index in [1.54, 1.807) is 0 Å². The van der Waals surface area contributed by atoms with Gasteiger partial charge in [0.25, 0.3) is 0 Å². The van der Waals surface area contributed by atoms with Gasteiger partial charge in [0.2, 0.25) is 0 Å². The van der Waals surface area contributed by atoms with Crippen LogP contribution in [-0.4, -0.2) is 27.8 Å². The summed E-state index contributed by atoms with van der Waals surface area (Å²) in [6, 6.07) is 6.02. The molecule has 1 unspecified atom stereocenters. The maximum Gasteiger partial charge on any atom is 0.407 e. The number of hydrogen-bond acceptors (Lipinski definition) is 3. The molecule has 1 atom stereocenters. The van der Waals surface area contributed by atoms with E-state index in [0.29, 0.717) is 6.54 Å². The summed E-state index contributed by atoms with van der Waals surface area (Å²) in [6.07, 6.45) is 1.57. The van der Waals surface area contributed by atoms with Crippen molar-refractivity contribution in [2.75, 3.05) is 6.54 Å². The van der Waals surface area contributed by atoms with Crippen LogP contribution in [0.5, 0.6) is 0 Å². The lowest BCUT2D eigenvalue weighted by Crippen LogP contribution is -2.35. The molecule has 0 radical (unpaired) electrons. The van der Waals surface area contributed by atoms with Gasteiger partial charge in [0.1, 0.15) is 15.9 Å².